The Morgan fingerprint density at radius 2 is 2.33 bits per heavy atom. The van der Waals surface area contributed by atoms with Crippen LogP contribution in [0.1, 0.15) is 31.6 Å². The summed E-state index contributed by atoms with van der Waals surface area (Å²) in [4.78, 5) is 15.7. The van der Waals surface area contributed by atoms with Gasteiger partial charge in [-0.05, 0) is 24.8 Å². The number of nitrogens with zero attached hydrogens (tertiary/aromatic N) is 1. The van der Waals surface area contributed by atoms with Crippen molar-refractivity contribution < 1.29 is 4.79 Å². The van der Waals surface area contributed by atoms with Crippen LogP contribution in [-0.2, 0) is 11.2 Å². The third-order valence-corrected chi connectivity index (χ3v) is 4.03. The highest BCUT2D eigenvalue weighted by Gasteiger charge is 2.19. The van der Waals surface area contributed by atoms with Crippen molar-refractivity contribution in [3.05, 3.63) is 22.4 Å². The molecule has 18 heavy (non-hydrogen) atoms. The van der Waals surface area contributed by atoms with E-state index in [2.05, 4.69) is 13.8 Å². The van der Waals surface area contributed by atoms with Crippen molar-refractivity contribution in [2.24, 2.45) is 5.73 Å². The number of amides is 1. The average molecular weight is 284 g/mol. The van der Waals surface area contributed by atoms with E-state index in [-0.39, 0.29) is 11.9 Å². The molecule has 1 amide bonds. The van der Waals surface area contributed by atoms with Crippen molar-refractivity contribution in [1.82, 2.24) is 4.90 Å². The summed E-state index contributed by atoms with van der Waals surface area (Å²) in [7, 11) is 0. The molecule has 0 aliphatic heterocycles. The Balaban J connectivity index is 2.63. The molecular weight excluding hydrogens is 264 g/mol. The van der Waals surface area contributed by atoms with Gasteiger partial charge in [0.25, 0.3) is 0 Å². The lowest BCUT2D eigenvalue weighted by Crippen LogP contribution is -2.40. The molecule has 0 spiro atoms. The van der Waals surface area contributed by atoms with Crippen LogP contribution in [-0.4, -0.2) is 28.4 Å². The zero-order valence-electron chi connectivity index (χ0n) is 10.9. The molecule has 0 fully saturated rings. The maximum Gasteiger partial charge on any atom is 0.228 e. The third-order valence-electron chi connectivity index (χ3n) is 2.95. The van der Waals surface area contributed by atoms with Gasteiger partial charge in [-0.15, -0.1) is 11.3 Å². The second kappa shape index (κ2) is 7.48. The van der Waals surface area contributed by atoms with Crippen LogP contribution in [0.25, 0.3) is 0 Å². The maximum absolute atomic E-state index is 12.3. The smallest absolute Gasteiger partial charge is 0.228 e. The quantitative estimate of drug-likeness (QED) is 0.783. The lowest BCUT2D eigenvalue weighted by Gasteiger charge is -2.28. The first-order valence-corrected chi connectivity index (χ1v) is 7.43. The normalized spacial score (nSPS) is 12.1. The van der Waals surface area contributed by atoms with Crippen LogP contribution >= 0.6 is 23.6 Å². The second-order valence-electron chi connectivity index (χ2n) is 4.32. The van der Waals surface area contributed by atoms with Crippen LogP contribution in [0.5, 0.6) is 0 Å². The largest absolute Gasteiger partial charge is 0.393 e. The highest BCUT2D eigenvalue weighted by atomic mass is 32.1. The van der Waals surface area contributed by atoms with Gasteiger partial charge in [-0.1, -0.05) is 25.2 Å². The molecule has 0 saturated carbocycles. The molecule has 0 radical (unpaired) electrons. The number of carbonyl (C=O) groups is 1. The van der Waals surface area contributed by atoms with Crippen molar-refractivity contribution >= 4 is 34.5 Å². The molecule has 3 nitrogen and oxygen atoms in total. The maximum atomic E-state index is 12.3. The fraction of sp³-hybridized carbons (Fsp3) is 0.538. The van der Waals surface area contributed by atoms with Gasteiger partial charge in [-0.25, -0.2) is 0 Å². The van der Waals surface area contributed by atoms with Crippen LogP contribution in [0.15, 0.2) is 17.5 Å². The molecule has 0 aromatic carbocycles. The molecule has 1 heterocycles. The molecule has 1 atom stereocenters. The van der Waals surface area contributed by atoms with E-state index in [0.29, 0.717) is 24.4 Å². The Kier molecular flexibility index (Phi) is 6.29. The first-order valence-electron chi connectivity index (χ1n) is 6.14. The van der Waals surface area contributed by atoms with Crippen LogP contribution in [0, 0.1) is 0 Å². The summed E-state index contributed by atoms with van der Waals surface area (Å²) in [5, 5.41) is 1.99. The summed E-state index contributed by atoms with van der Waals surface area (Å²) < 4.78 is 0. The van der Waals surface area contributed by atoms with Crippen LogP contribution in [0.3, 0.4) is 0 Å². The van der Waals surface area contributed by atoms with E-state index in [1.165, 1.54) is 0 Å². The minimum atomic E-state index is 0.156. The van der Waals surface area contributed by atoms with Gasteiger partial charge in [0.1, 0.15) is 0 Å². The van der Waals surface area contributed by atoms with Crippen molar-refractivity contribution in [2.45, 2.75) is 39.2 Å². The molecule has 1 aromatic rings. The summed E-state index contributed by atoms with van der Waals surface area (Å²) in [6.45, 7) is 4.76. The van der Waals surface area contributed by atoms with Gasteiger partial charge in [-0.2, -0.15) is 0 Å². The lowest BCUT2D eigenvalue weighted by molar-refractivity contribution is -0.132. The van der Waals surface area contributed by atoms with E-state index in [1.54, 1.807) is 11.3 Å². The van der Waals surface area contributed by atoms with Crippen LogP contribution < -0.4 is 5.73 Å². The first kappa shape index (κ1) is 15.1. The molecule has 1 rings (SSSR count). The Labute approximate surface area is 118 Å². The molecular formula is C13H20N2OS2. The van der Waals surface area contributed by atoms with Crippen LogP contribution in [0.2, 0.25) is 0 Å². The average Bonchev–Trinajstić information content (AvgIpc) is 2.81. The number of nitrogens with two attached hydrogens (primary N) is 1. The summed E-state index contributed by atoms with van der Waals surface area (Å²) in [5.41, 5.74) is 5.51. The zero-order chi connectivity index (χ0) is 13.5. The molecule has 5 heteroatoms. The molecule has 0 bridgehead atoms. The van der Waals surface area contributed by atoms with Gasteiger partial charge < -0.3 is 10.6 Å². The first-order chi connectivity index (χ1) is 8.54. The summed E-state index contributed by atoms with van der Waals surface area (Å²) in [6.07, 6.45) is 2.00. The fourth-order valence-corrected chi connectivity index (χ4v) is 2.49. The summed E-state index contributed by atoms with van der Waals surface area (Å²) in [5.74, 6) is 0.156. The van der Waals surface area contributed by atoms with Crippen molar-refractivity contribution in [1.29, 1.82) is 0 Å². The van der Waals surface area contributed by atoms with E-state index >= 15 is 0 Å². The Hall–Kier alpha value is -0.940. The van der Waals surface area contributed by atoms with Gasteiger partial charge in [0.2, 0.25) is 5.91 Å². The molecule has 2 N–H and O–H groups in total. The Morgan fingerprint density at radius 3 is 2.83 bits per heavy atom. The van der Waals surface area contributed by atoms with E-state index in [0.717, 1.165) is 11.3 Å². The third kappa shape index (κ3) is 4.74. The van der Waals surface area contributed by atoms with E-state index < -0.39 is 0 Å². The second-order valence-corrected chi connectivity index (χ2v) is 5.87. The predicted octanol–water partition coefficient (Wildman–Crippen LogP) is 2.59. The van der Waals surface area contributed by atoms with E-state index in [4.69, 9.17) is 18.0 Å². The van der Waals surface area contributed by atoms with Crippen molar-refractivity contribution in [3.63, 3.8) is 0 Å². The molecule has 1 unspecified atom stereocenters. The van der Waals surface area contributed by atoms with Gasteiger partial charge in [0.05, 0.1) is 11.4 Å². The zero-order valence-corrected chi connectivity index (χ0v) is 12.5. The molecule has 1 aromatic heterocycles. The standard InChI is InChI=1S/C13H20N2OS2/c1-3-10(2)15(7-6-12(14)17)13(16)9-11-5-4-8-18-11/h4-5,8,10H,3,6-7,9H2,1-2H3,(H2,14,17). The number of thiocarbonyl (C=S) groups is 1. The summed E-state index contributed by atoms with van der Waals surface area (Å²) >= 11 is 6.50. The van der Waals surface area contributed by atoms with E-state index in [9.17, 15) is 4.79 Å². The number of rotatable bonds is 7. The highest BCUT2D eigenvalue weighted by Crippen LogP contribution is 2.13. The van der Waals surface area contributed by atoms with E-state index in [1.807, 2.05) is 22.4 Å². The Bertz CT molecular complexity index is 390. The molecule has 0 aliphatic carbocycles. The fourth-order valence-electron chi connectivity index (χ4n) is 1.71. The summed E-state index contributed by atoms with van der Waals surface area (Å²) in [6, 6.07) is 4.19. The van der Waals surface area contributed by atoms with Gasteiger partial charge in [0.15, 0.2) is 0 Å². The number of hydrogen-bond donors (Lipinski definition) is 1. The number of thiophene rings is 1. The molecule has 100 valence electrons. The van der Waals surface area contributed by atoms with Crippen LogP contribution in [0.4, 0.5) is 0 Å². The minimum Gasteiger partial charge on any atom is -0.393 e. The Morgan fingerprint density at radius 1 is 1.61 bits per heavy atom. The van der Waals surface area contributed by atoms with Crippen molar-refractivity contribution in [3.8, 4) is 0 Å². The SMILES string of the molecule is CCC(C)N(CCC(N)=S)C(=O)Cc1cccs1. The van der Waals surface area contributed by atoms with Gasteiger partial charge >= 0.3 is 0 Å². The molecule has 0 aliphatic rings. The number of carbonyl (C=O) groups excluding carboxylic acids is 1. The number of hydrogen-bond acceptors (Lipinski definition) is 3. The molecule has 0 saturated heterocycles. The highest BCUT2D eigenvalue weighted by molar-refractivity contribution is 7.80. The topological polar surface area (TPSA) is 46.3 Å². The van der Waals surface area contributed by atoms with Crippen molar-refractivity contribution in [2.75, 3.05) is 6.54 Å². The monoisotopic (exact) mass is 284 g/mol. The lowest BCUT2D eigenvalue weighted by atomic mass is 10.2. The minimum absolute atomic E-state index is 0.156. The van der Waals surface area contributed by atoms with Gasteiger partial charge in [0, 0.05) is 23.9 Å². The predicted molar refractivity (Wildman–Crippen MR) is 80.9 cm³/mol. The van der Waals surface area contributed by atoms with Gasteiger partial charge in [-0.3, -0.25) is 4.79 Å².